The normalized spacial score (nSPS) is 13.0. The maximum atomic E-state index is 13.0. The molecular weight excluding hydrogens is 409 g/mol. The number of carboxylic acids is 1. The Labute approximate surface area is 164 Å². The van der Waals surface area contributed by atoms with E-state index in [1.807, 2.05) is 0 Å². The van der Waals surface area contributed by atoms with E-state index in [-0.39, 0.29) is 15.9 Å². The van der Waals surface area contributed by atoms with E-state index < -0.39 is 33.8 Å². The molecule has 2 heterocycles. The number of aliphatic carboxylic acids is 1. The van der Waals surface area contributed by atoms with Crippen molar-refractivity contribution in [1.29, 1.82) is 0 Å². The lowest BCUT2D eigenvalue weighted by Gasteiger charge is -2.17. The molecule has 28 heavy (non-hydrogen) atoms. The average molecular weight is 425 g/mol. The zero-order valence-corrected chi connectivity index (χ0v) is 16.4. The fraction of sp³-hybridized carbons (Fsp3) is 0.235. The van der Waals surface area contributed by atoms with Gasteiger partial charge >= 0.3 is 5.97 Å². The highest BCUT2D eigenvalue weighted by molar-refractivity contribution is 7.91. The maximum Gasteiger partial charge on any atom is 0.322 e. The van der Waals surface area contributed by atoms with Crippen LogP contribution in [0, 0.1) is 11.7 Å². The fourth-order valence-corrected chi connectivity index (χ4v) is 4.90. The summed E-state index contributed by atoms with van der Waals surface area (Å²) in [6.07, 6.45) is 0. The molecule has 0 spiro atoms. The van der Waals surface area contributed by atoms with Gasteiger partial charge in [0.25, 0.3) is 15.9 Å². The minimum atomic E-state index is -4.03. The van der Waals surface area contributed by atoms with E-state index in [9.17, 15) is 22.7 Å². The summed E-state index contributed by atoms with van der Waals surface area (Å²) in [5, 5.41) is 13.0. The number of benzene rings is 1. The van der Waals surface area contributed by atoms with E-state index in [1.54, 1.807) is 13.8 Å². The van der Waals surface area contributed by atoms with Crippen LogP contribution in [-0.4, -0.2) is 35.7 Å². The average Bonchev–Trinajstić information content (AvgIpc) is 3.29. The van der Waals surface area contributed by atoms with Crippen molar-refractivity contribution in [3.63, 3.8) is 0 Å². The topological polar surface area (TPSA) is 122 Å². The molecule has 0 aliphatic rings. The van der Waals surface area contributed by atoms with Gasteiger partial charge in [-0.25, -0.2) is 12.8 Å². The summed E-state index contributed by atoms with van der Waals surface area (Å²) in [5.41, 5.74) is 0.521. The predicted molar refractivity (Wildman–Crippen MR) is 99.6 cm³/mol. The summed E-state index contributed by atoms with van der Waals surface area (Å²) in [7, 11) is -4.03. The second-order valence-electron chi connectivity index (χ2n) is 6.23. The molecule has 0 amide bonds. The molecule has 0 bridgehead atoms. The molecule has 3 rings (SSSR count). The predicted octanol–water partition coefficient (Wildman–Crippen LogP) is 2.99. The highest BCUT2D eigenvalue weighted by Gasteiger charge is 2.29. The Morgan fingerprint density at radius 1 is 1.21 bits per heavy atom. The Kier molecular flexibility index (Phi) is 5.59. The zero-order valence-electron chi connectivity index (χ0n) is 14.8. The minimum Gasteiger partial charge on any atom is -0.480 e. The van der Waals surface area contributed by atoms with E-state index in [0.29, 0.717) is 10.4 Å². The van der Waals surface area contributed by atoms with Crippen molar-refractivity contribution >= 4 is 27.3 Å². The molecule has 1 aromatic carbocycles. The van der Waals surface area contributed by atoms with Crippen LogP contribution in [0.25, 0.3) is 22.2 Å². The number of halogens is 1. The number of carboxylic acid groups (broad SMARTS) is 1. The number of sulfonamides is 1. The summed E-state index contributed by atoms with van der Waals surface area (Å²) in [6, 6.07) is 7.09. The molecule has 0 saturated carbocycles. The Hall–Kier alpha value is -2.63. The summed E-state index contributed by atoms with van der Waals surface area (Å²) in [6.45, 7) is 3.22. The third kappa shape index (κ3) is 4.26. The number of rotatable bonds is 7. The molecule has 0 aliphatic heterocycles. The van der Waals surface area contributed by atoms with Gasteiger partial charge in [-0.3, -0.25) is 4.79 Å². The van der Waals surface area contributed by atoms with E-state index in [1.165, 1.54) is 36.4 Å². The van der Waals surface area contributed by atoms with Crippen molar-refractivity contribution < 1.29 is 27.2 Å². The Bertz CT molecular complexity index is 1090. The van der Waals surface area contributed by atoms with E-state index in [2.05, 4.69) is 14.9 Å². The van der Waals surface area contributed by atoms with Gasteiger partial charge in [-0.1, -0.05) is 19.0 Å². The van der Waals surface area contributed by atoms with E-state index >= 15 is 0 Å². The van der Waals surface area contributed by atoms with Gasteiger partial charge in [0.2, 0.25) is 5.82 Å². The summed E-state index contributed by atoms with van der Waals surface area (Å²) in [5.74, 6) is -1.74. The van der Waals surface area contributed by atoms with Crippen molar-refractivity contribution in [3.8, 4) is 22.2 Å². The van der Waals surface area contributed by atoms with Crippen LogP contribution in [0.5, 0.6) is 0 Å². The SMILES string of the molecule is CC(C)[C@@H](NS(=O)(=O)c1ccc(-c2noc(-c3ccc(F)cc3)n2)s1)C(=O)O. The lowest BCUT2D eigenvalue weighted by Crippen LogP contribution is -2.43. The number of thiophene rings is 1. The lowest BCUT2D eigenvalue weighted by atomic mass is 10.1. The van der Waals surface area contributed by atoms with Crippen LogP contribution in [0.3, 0.4) is 0 Å². The van der Waals surface area contributed by atoms with E-state index in [0.717, 1.165) is 11.3 Å². The zero-order chi connectivity index (χ0) is 20.5. The minimum absolute atomic E-state index is 0.0671. The van der Waals surface area contributed by atoms with Crippen LogP contribution >= 0.6 is 11.3 Å². The van der Waals surface area contributed by atoms with Crippen LogP contribution in [-0.2, 0) is 14.8 Å². The smallest absolute Gasteiger partial charge is 0.322 e. The van der Waals surface area contributed by atoms with Crippen LogP contribution in [0.1, 0.15) is 13.8 Å². The molecule has 11 heteroatoms. The number of carbonyl (C=O) groups is 1. The first-order valence-electron chi connectivity index (χ1n) is 8.12. The molecule has 0 aliphatic carbocycles. The number of hydrogen-bond acceptors (Lipinski definition) is 7. The second kappa shape index (κ2) is 7.78. The fourth-order valence-electron chi connectivity index (χ4n) is 2.31. The van der Waals surface area contributed by atoms with E-state index in [4.69, 9.17) is 4.52 Å². The largest absolute Gasteiger partial charge is 0.480 e. The van der Waals surface area contributed by atoms with Gasteiger partial charge in [-0.05, 0) is 42.3 Å². The third-order valence-electron chi connectivity index (χ3n) is 3.80. The molecule has 1 atom stereocenters. The van der Waals surface area contributed by atoms with Gasteiger partial charge < -0.3 is 9.63 Å². The van der Waals surface area contributed by atoms with Crippen LogP contribution < -0.4 is 4.72 Å². The molecule has 2 N–H and O–H groups in total. The number of aromatic nitrogens is 2. The van der Waals surface area contributed by atoms with Crippen molar-refractivity contribution in [3.05, 3.63) is 42.2 Å². The molecule has 8 nitrogen and oxygen atoms in total. The molecule has 0 unspecified atom stereocenters. The van der Waals surface area contributed by atoms with Gasteiger partial charge in [-0.15, -0.1) is 11.3 Å². The summed E-state index contributed by atoms with van der Waals surface area (Å²) >= 11 is 0.881. The van der Waals surface area contributed by atoms with Gasteiger partial charge in [0.1, 0.15) is 16.1 Å². The lowest BCUT2D eigenvalue weighted by molar-refractivity contribution is -0.140. The first-order chi connectivity index (χ1) is 13.2. The third-order valence-corrected chi connectivity index (χ3v) is 6.81. The Balaban J connectivity index is 1.84. The van der Waals surface area contributed by atoms with Crippen LogP contribution in [0.2, 0.25) is 0 Å². The van der Waals surface area contributed by atoms with Gasteiger partial charge in [0.05, 0.1) is 4.88 Å². The first-order valence-corrected chi connectivity index (χ1v) is 10.4. The Morgan fingerprint density at radius 3 is 2.50 bits per heavy atom. The molecular formula is C17H16FN3O5S2. The maximum absolute atomic E-state index is 13.0. The molecule has 0 fully saturated rings. The molecule has 148 valence electrons. The molecule has 0 radical (unpaired) electrons. The molecule has 2 aromatic heterocycles. The van der Waals surface area contributed by atoms with Gasteiger partial charge in [-0.2, -0.15) is 9.71 Å². The summed E-state index contributed by atoms with van der Waals surface area (Å²) in [4.78, 5) is 15.9. The first kappa shape index (κ1) is 20.1. The van der Waals surface area contributed by atoms with Crippen molar-refractivity contribution in [2.75, 3.05) is 0 Å². The molecule has 0 saturated heterocycles. The quantitative estimate of drug-likeness (QED) is 0.596. The molecule has 3 aromatic rings. The highest BCUT2D eigenvalue weighted by atomic mass is 32.2. The highest BCUT2D eigenvalue weighted by Crippen LogP contribution is 2.30. The van der Waals surface area contributed by atoms with Gasteiger partial charge in [0.15, 0.2) is 0 Å². The number of nitrogens with one attached hydrogen (secondary N) is 1. The van der Waals surface area contributed by atoms with Crippen molar-refractivity contribution in [2.24, 2.45) is 5.92 Å². The van der Waals surface area contributed by atoms with Crippen molar-refractivity contribution in [2.45, 2.75) is 24.1 Å². The van der Waals surface area contributed by atoms with Crippen molar-refractivity contribution in [1.82, 2.24) is 14.9 Å². The van der Waals surface area contributed by atoms with Gasteiger partial charge in [0, 0.05) is 5.56 Å². The number of nitrogens with zero attached hydrogens (tertiary/aromatic N) is 2. The number of hydrogen-bond donors (Lipinski definition) is 2. The monoisotopic (exact) mass is 425 g/mol. The van der Waals surface area contributed by atoms with Crippen LogP contribution in [0.4, 0.5) is 4.39 Å². The second-order valence-corrected chi connectivity index (χ2v) is 9.25. The standard InChI is InChI=1S/C17H16FN3O5S2/c1-9(2)14(17(22)23)21-28(24,25)13-8-7-12(27-13)15-19-16(26-20-15)10-3-5-11(18)6-4-10/h3-9,14,21H,1-2H3,(H,22,23)/t14-/m1/s1. The Morgan fingerprint density at radius 2 is 1.89 bits per heavy atom. The van der Waals surface area contributed by atoms with Crippen LogP contribution in [0.15, 0.2) is 45.1 Å². The summed E-state index contributed by atoms with van der Waals surface area (Å²) < 4.78 is 45.3.